The quantitative estimate of drug-likeness (QED) is 0.862. The Hall–Kier alpha value is -1.06. The van der Waals surface area contributed by atoms with Gasteiger partial charge in [0.15, 0.2) is 0 Å². The highest BCUT2D eigenvalue weighted by Crippen LogP contribution is 2.62. The number of rotatable bonds is 4. The fourth-order valence-electron chi connectivity index (χ4n) is 2.94. The van der Waals surface area contributed by atoms with Gasteiger partial charge in [0, 0.05) is 17.4 Å². The van der Waals surface area contributed by atoms with Crippen LogP contribution >= 0.6 is 0 Å². The molecule has 92 valence electrons. The summed E-state index contributed by atoms with van der Waals surface area (Å²) in [6.07, 6.45) is 2.20. The van der Waals surface area contributed by atoms with Crippen LogP contribution in [0, 0.1) is 5.41 Å². The molecule has 3 heteroatoms. The number of hydrogen-bond acceptors (Lipinski definition) is 3. The zero-order valence-electron chi connectivity index (χ0n) is 10.1. The van der Waals surface area contributed by atoms with Crippen molar-refractivity contribution in [3.8, 4) is 5.75 Å². The van der Waals surface area contributed by atoms with Crippen LogP contribution in [0.2, 0.25) is 0 Å². The first-order chi connectivity index (χ1) is 8.26. The van der Waals surface area contributed by atoms with Crippen LogP contribution in [0.25, 0.3) is 0 Å². The van der Waals surface area contributed by atoms with Gasteiger partial charge in [-0.15, -0.1) is 0 Å². The van der Waals surface area contributed by atoms with E-state index in [2.05, 4.69) is 12.1 Å². The fraction of sp³-hybridized carbons (Fsp3) is 0.571. The second-order valence-corrected chi connectivity index (χ2v) is 5.25. The lowest BCUT2D eigenvalue weighted by Crippen LogP contribution is -2.54. The Balaban J connectivity index is 2.00. The van der Waals surface area contributed by atoms with Gasteiger partial charge in [0.05, 0.1) is 20.3 Å². The van der Waals surface area contributed by atoms with E-state index in [0.29, 0.717) is 0 Å². The lowest BCUT2D eigenvalue weighted by Gasteiger charge is -2.48. The Morgan fingerprint density at radius 2 is 2.12 bits per heavy atom. The van der Waals surface area contributed by atoms with E-state index in [1.807, 2.05) is 12.1 Å². The van der Waals surface area contributed by atoms with E-state index in [0.717, 1.165) is 31.8 Å². The molecule has 3 rings (SSSR count). The van der Waals surface area contributed by atoms with Gasteiger partial charge in [0.25, 0.3) is 0 Å². The zero-order chi connectivity index (χ0) is 11.9. The van der Waals surface area contributed by atoms with E-state index in [4.69, 9.17) is 9.47 Å². The van der Waals surface area contributed by atoms with E-state index in [1.54, 1.807) is 7.11 Å². The SMILES string of the molecule is COc1cccc(C2(C3(CO)CC3)COC2)c1. The molecule has 0 bridgehead atoms. The molecular formula is C14H18O3. The number of aliphatic hydroxyl groups is 1. The van der Waals surface area contributed by atoms with Gasteiger partial charge in [-0.25, -0.2) is 0 Å². The smallest absolute Gasteiger partial charge is 0.119 e. The van der Waals surface area contributed by atoms with E-state index >= 15 is 0 Å². The number of aliphatic hydroxyl groups excluding tert-OH is 1. The zero-order valence-corrected chi connectivity index (χ0v) is 10.1. The molecular weight excluding hydrogens is 216 g/mol. The summed E-state index contributed by atoms with van der Waals surface area (Å²) >= 11 is 0. The Morgan fingerprint density at radius 1 is 1.35 bits per heavy atom. The third-order valence-corrected chi connectivity index (χ3v) is 4.49. The highest BCUT2D eigenvalue weighted by molar-refractivity contribution is 5.39. The molecule has 0 aromatic heterocycles. The van der Waals surface area contributed by atoms with Crippen molar-refractivity contribution >= 4 is 0 Å². The van der Waals surface area contributed by atoms with Crippen molar-refractivity contribution in [2.45, 2.75) is 18.3 Å². The van der Waals surface area contributed by atoms with Crippen molar-refractivity contribution in [1.82, 2.24) is 0 Å². The lowest BCUT2D eigenvalue weighted by atomic mass is 9.66. The van der Waals surface area contributed by atoms with Crippen LogP contribution in [-0.2, 0) is 10.2 Å². The summed E-state index contributed by atoms with van der Waals surface area (Å²) in [6.45, 7) is 1.70. The minimum Gasteiger partial charge on any atom is -0.497 e. The summed E-state index contributed by atoms with van der Waals surface area (Å²) in [4.78, 5) is 0. The van der Waals surface area contributed by atoms with Crippen LogP contribution < -0.4 is 4.74 Å². The molecule has 1 N–H and O–H groups in total. The van der Waals surface area contributed by atoms with Crippen molar-refractivity contribution in [2.24, 2.45) is 5.41 Å². The van der Waals surface area contributed by atoms with Crippen molar-refractivity contribution in [3.63, 3.8) is 0 Å². The maximum Gasteiger partial charge on any atom is 0.119 e. The third-order valence-electron chi connectivity index (χ3n) is 4.49. The monoisotopic (exact) mass is 234 g/mol. The normalized spacial score (nSPS) is 23.9. The average Bonchev–Trinajstić information content (AvgIpc) is 3.09. The van der Waals surface area contributed by atoms with Gasteiger partial charge in [0.1, 0.15) is 5.75 Å². The van der Waals surface area contributed by atoms with Gasteiger partial charge in [-0.1, -0.05) is 12.1 Å². The third kappa shape index (κ3) is 1.42. The molecule has 2 aliphatic rings. The van der Waals surface area contributed by atoms with E-state index < -0.39 is 0 Å². The lowest BCUT2D eigenvalue weighted by molar-refractivity contribution is -0.110. The largest absolute Gasteiger partial charge is 0.497 e. The van der Waals surface area contributed by atoms with E-state index in [-0.39, 0.29) is 17.4 Å². The standard InChI is InChI=1S/C14H18O3/c1-16-12-4-2-3-11(7-12)14(9-17-10-14)13(8-15)5-6-13/h2-4,7,15H,5-6,8-10H2,1H3. The van der Waals surface area contributed by atoms with Crippen LogP contribution in [-0.4, -0.2) is 32.0 Å². The number of hydrogen-bond donors (Lipinski definition) is 1. The van der Waals surface area contributed by atoms with Gasteiger partial charge >= 0.3 is 0 Å². The van der Waals surface area contributed by atoms with E-state index in [9.17, 15) is 5.11 Å². The van der Waals surface area contributed by atoms with Crippen LogP contribution in [0.1, 0.15) is 18.4 Å². The second-order valence-electron chi connectivity index (χ2n) is 5.25. The van der Waals surface area contributed by atoms with Crippen LogP contribution in [0.3, 0.4) is 0 Å². The Labute approximate surface area is 101 Å². The molecule has 0 amide bonds. The van der Waals surface area contributed by atoms with Gasteiger partial charge in [-0.2, -0.15) is 0 Å². The maximum atomic E-state index is 9.66. The molecule has 0 spiro atoms. The van der Waals surface area contributed by atoms with Gasteiger partial charge < -0.3 is 14.6 Å². The number of methoxy groups -OCH3 is 1. The van der Waals surface area contributed by atoms with Crippen LogP contribution in [0.15, 0.2) is 24.3 Å². The summed E-state index contributed by atoms with van der Waals surface area (Å²) in [5.41, 5.74) is 1.31. The first-order valence-electron chi connectivity index (χ1n) is 6.10. The van der Waals surface area contributed by atoms with Crippen molar-refractivity contribution < 1.29 is 14.6 Å². The van der Waals surface area contributed by atoms with Crippen molar-refractivity contribution in [2.75, 3.05) is 26.9 Å². The second kappa shape index (κ2) is 3.72. The van der Waals surface area contributed by atoms with Crippen LogP contribution in [0.4, 0.5) is 0 Å². The molecule has 0 unspecified atom stereocenters. The molecule has 1 saturated carbocycles. The molecule has 1 aliphatic carbocycles. The highest BCUT2D eigenvalue weighted by Gasteiger charge is 2.63. The van der Waals surface area contributed by atoms with Gasteiger partial charge in [-0.3, -0.25) is 0 Å². The molecule has 3 nitrogen and oxygen atoms in total. The summed E-state index contributed by atoms with van der Waals surface area (Å²) in [7, 11) is 1.68. The first kappa shape index (κ1) is 11.1. The topological polar surface area (TPSA) is 38.7 Å². The minimum atomic E-state index is 0.0102. The minimum absolute atomic E-state index is 0.0102. The van der Waals surface area contributed by atoms with Gasteiger partial charge in [0.2, 0.25) is 0 Å². The molecule has 1 aromatic carbocycles. The van der Waals surface area contributed by atoms with Crippen molar-refractivity contribution in [1.29, 1.82) is 0 Å². The molecule has 1 saturated heterocycles. The predicted octanol–water partition coefficient (Wildman–Crippen LogP) is 1.74. The number of ether oxygens (including phenoxy) is 2. The molecule has 0 atom stereocenters. The molecule has 1 aromatic rings. The molecule has 1 heterocycles. The summed E-state index contributed by atoms with van der Waals surface area (Å²) in [6, 6.07) is 8.18. The highest BCUT2D eigenvalue weighted by atomic mass is 16.5. The Kier molecular flexibility index (Phi) is 2.42. The maximum absolute atomic E-state index is 9.66. The fourth-order valence-corrected chi connectivity index (χ4v) is 2.94. The molecule has 17 heavy (non-hydrogen) atoms. The number of benzene rings is 1. The predicted molar refractivity (Wildman–Crippen MR) is 64.2 cm³/mol. The Morgan fingerprint density at radius 3 is 2.59 bits per heavy atom. The van der Waals surface area contributed by atoms with Crippen LogP contribution in [0.5, 0.6) is 5.75 Å². The summed E-state index contributed by atoms with van der Waals surface area (Å²) in [5, 5.41) is 9.66. The van der Waals surface area contributed by atoms with E-state index in [1.165, 1.54) is 5.56 Å². The van der Waals surface area contributed by atoms with Crippen molar-refractivity contribution in [3.05, 3.63) is 29.8 Å². The summed E-state index contributed by atoms with van der Waals surface area (Å²) in [5.74, 6) is 0.877. The first-order valence-corrected chi connectivity index (χ1v) is 6.10. The molecule has 2 fully saturated rings. The van der Waals surface area contributed by atoms with Gasteiger partial charge in [-0.05, 0) is 30.5 Å². The Bertz CT molecular complexity index is 419. The summed E-state index contributed by atoms with van der Waals surface area (Å²) < 4.78 is 10.7. The molecule has 1 aliphatic heterocycles. The average molecular weight is 234 g/mol. The molecule has 0 radical (unpaired) electrons.